The molecule has 0 spiro atoms. The molecule has 0 saturated carbocycles. The SMILES string of the molecule is CCCCCCCSc1cc(Br)ccc1N. The maximum absolute atomic E-state index is 5.91. The molecule has 0 bridgehead atoms. The van der Waals surface area contributed by atoms with Crippen LogP contribution in [0.15, 0.2) is 27.6 Å². The maximum atomic E-state index is 5.91. The predicted molar refractivity (Wildman–Crippen MR) is 78.0 cm³/mol. The lowest BCUT2D eigenvalue weighted by molar-refractivity contribution is 0.659. The van der Waals surface area contributed by atoms with Gasteiger partial charge in [-0.3, -0.25) is 0 Å². The number of hydrogen-bond acceptors (Lipinski definition) is 2. The first-order valence-electron chi connectivity index (χ1n) is 5.92. The highest BCUT2D eigenvalue weighted by atomic mass is 79.9. The number of unbranched alkanes of at least 4 members (excludes halogenated alkanes) is 4. The number of anilines is 1. The van der Waals surface area contributed by atoms with Crippen LogP contribution in [0.4, 0.5) is 5.69 Å². The summed E-state index contributed by atoms with van der Waals surface area (Å²) in [4.78, 5) is 1.20. The van der Waals surface area contributed by atoms with E-state index in [0.717, 1.165) is 10.2 Å². The van der Waals surface area contributed by atoms with Crippen LogP contribution in [0.1, 0.15) is 39.0 Å². The van der Waals surface area contributed by atoms with E-state index in [-0.39, 0.29) is 0 Å². The minimum absolute atomic E-state index is 0.891. The molecule has 2 N–H and O–H groups in total. The van der Waals surface area contributed by atoms with Gasteiger partial charge in [-0.2, -0.15) is 0 Å². The Morgan fingerprint density at radius 3 is 2.69 bits per heavy atom. The van der Waals surface area contributed by atoms with Crippen LogP contribution >= 0.6 is 27.7 Å². The van der Waals surface area contributed by atoms with E-state index in [2.05, 4.69) is 28.9 Å². The molecule has 0 atom stereocenters. The average Bonchev–Trinajstić information content (AvgIpc) is 2.28. The van der Waals surface area contributed by atoms with Crippen LogP contribution in [0.5, 0.6) is 0 Å². The molecule has 16 heavy (non-hydrogen) atoms. The summed E-state index contributed by atoms with van der Waals surface area (Å²) in [5, 5.41) is 0. The second-order valence-corrected chi connectivity index (χ2v) is 6.00. The van der Waals surface area contributed by atoms with E-state index in [1.807, 2.05) is 23.9 Å². The van der Waals surface area contributed by atoms with Crippen molar-refractivity contribution in [2.24, 2.45) is 0 Å². The number of benzene rings is 1. The molecule has 0 amide bonds. The first kappa shape index (κ1) is 13.9. The first-order chi connectivity index (χ1) is 7.74. The summed E-state index contributed by atoms with van der Waals surface area (Å²) in [5.41, 5.74) is 6.80. The monoisotopic (exact) mass is 301 g/mol. The van der Waals surface area contributed by atoms with E-state index < -0.39 is 0 Å². The van der Waals surface area contributed by atoms with Gasteiger partial charge in [0.1, 0.15) is 0 Å². The van der Waals surface area contributed by atoms with Crippen molar-refractivity contribution in [1.29, 1.82) is 0 Å². The smallest absolute Gasteiger partial charge is 0.0453 e. The van der Waals surface area contributed by atoms with Crippen LogP contribution < -0.4 is 5.73 Å². The lowest BCUT2D eigenvalue weighted by atomic mass is 10.2. The van der Waals surface area contributed by atoms with Gasteiger partial charge in [0.2, 0.25) is 0 Å². The summed E-state index contributed by atoms with van der Waals surface area (Å²) in [6.45, 7) is 2.25. The summed E-state index contributed by atoms with van der Waals surface area (Å²) < 4.78 is 1.11. The lowest BCUT2D eigenvalue weighted by Crippen LogP contribution is -1.89. The maximum Gasteiger partial charge on any atom is 0.0453 e. The number of nitrogen functional groups attached to an aromatic ring is 1. The summed E-state index contributed by atoms with van der Waals surface area (Å²) >= 11 is 5.33. The van der Waals surface area contributed by atoms with E-state index in [1.54, 1.807) is 0 Å². The van der Waals surface area contributed by atoms with Gasteiger partial charge < -0.3 is 5.73 Å². The topological polar surface area (TPSA) is 26.0 Å². The van der Waals surface area contributed by atoms with Gasteiger partial charge in [-0.05, 0) is 30.4 Å². The van der Waals surface area contributed by atoms with Crippen molar-refractivity contribution < 1.29 is 0 Å². The minimum Gasteiger partial charge on any atom is -0.398 e. The number of halogens is 1. The lowest BCUT2D eigenvalue weighted by Gasteiger charge is -2.05. The van der Waals surface area contributed by atoms with Crippen molar-refractivity contribution >= 4 is 33.4 Å². The molecule has 90 valence electrons. The fraction of sp³-hybridized carbons (Fsp3) is 0.538. The van der Waals surface area contributed by atoms with E-state index in [0.29, 0.717) is 0 Å². The van der Waals surface area contributed by atoms with Gasteiger partial charge >= 0.3 is 0 Å². The summed E-state index contributed by atoms with van der Waals surface area (Å²) in [5.74, 6) is 1.17. The minimum atomic E-state index is 0.891. The van der Waals surface area contributed by atoms with E-state index >= 15 is 0 Å². The van der Waals surface area contributed by atoms with Crippen LogP contribution in [0.3, 0.4) is 0 Å². The fourth-order valence-corrected chi connectivity index (χ4v) is 3.05. The molecule has 1 aromatic carbocycles. The molecule has 0 heterocycles. The van der Waals surface area contributed by atoms with E-state index in [9.17, 15) is 0 Å². The van der Waals surface area contributed by atoms with Crippen molar-refractivity contribution in [3.63, 3.8) is 0 Å². The largest absolute Gasteiger partial charge is 0.398 e. The van der Waals surface area contributed by atoms with Gasteiger partial charge in [0.05, 0.1) is 0 Å². The van der Waals surface area contributed by atoms with Crippen LogP contribution in [-0.2, 0) is 0 Å². The zero-order chi connectivity index (χ0) is 11.8. The number of thioether (sulfide) groups is 1. The Morgan fingerprint density at radius 2 is 1.94 bits per heavy atom. The molecule has 0 saturated heterocycles. The molecule has 0 radical (unpaired) electrons. The van der Waals surface area contributed by atoms with Crippen molar-refractivity contribution in [3.8, 4) is 0 Å². The number of hydrogen-bond donors (Lipinski definition) is 1. The highest BCUT2D eigenvalue weighted by molar-refractivity contribution is 9.10. The van der Waals surface area contributed by atoms with Crippen LogP contribution in [0.2, 0.25) is 0 Å². The third kappa shape index (κ3) is 5.26. The molecule has 1 rings (SSSR count). The molecular weight excluding hydrogens is 282 g/mol. The third-order valence-corrected chi connectivity index (χ3v) is 4.13. The Bertz CT molecular complexity index is 315. The van der Waals surface area contributed by atoms with Gasteiger partial charge in [0.25, 0.3) is 0 Å². The Labute approximate surface area is 111 Å². The highest BCUT2D eigenvalue weighted by Gasteiger charge is 2.00. The van der Waals surface area contributed by atoms with Gasteiger partial charge in [0.15, 0.2) is 0 Å². The zero-order valence-corrected chi connectivity index (χ0v) is 12.2. The molecule has 0 fully saturated rings. The van der Waals surface area contributed by atoms with Crippen LogP contribution in [0.25, 0.3) is 0 Å². The predicted octanol–water partition coefficient (Wildman–Crippen LogP) is 5.09. The summed E-state index contributed by atoms with van der Waals surface area (Å²) in [7, 11) is 0. The molecule has 1 aromatic rings. The van der Waals surface area contributed by atoms with Crippen molar-refractivity contribution in [1.82, 2.24) is 0 Å². The number of rotatable bonds is 7. The second-order valence-electron chi connectivity index (χ2n) is 3.94. The van der Waals surface area contributed by atoms with Gasteiger partial charge in [-0.1, -0.05) is 48.5 Å². The number of nitrogens with two attached hydrogens (primary N) is 1. The molecule has 0 aromatic heterocycles. The summed E-state index contributed by atoms with van der Waals surface area (Å²) in [6.07, 6.45) is 6.67. The van der Waals surface area contributed by atoms with Crippen LogP contribution in [-0.4, -0.2) is 5.75 Å². The fourth-order valence-electron chi connectivity index (χ4n) is 1.52. The Morgan fingerprint density at radius 1 is 1.19 bits per heavy atom. The standard InChI is InChI=1S/C13H20BrNS/c1-2-3-4-5-6-9-16-13-10-11(14)7-8-12(13)15/h7-8,10H,2-6,9,15H2,1H3. The van der Waals surface area contributed by atoms with E-state index in [1.165, 1.54) is 42.8 Å². The molecule has 0 unspecified atom stereocenters. The average molecular weight is 302 g/mol. The van der Waals surface area contributed by atoms with Gasteiger partial charge in [-0.15, -0.1) is 11.8 Å². The second kappa shape index (κ2) is 8.02. The summed E-state index contributed by atoms with van der Waals surface area (Å²) in [6, 6.07) is 6.05. The third-order valence-electron chi connectivity index (χ3n) is 2.48. The van der Waals surface area contributed by atoms with Gasteiger partial charge in [-0.25, -0.2) is 0 Å². The highest BCUT2D eigenvalue weighted by Crippen LogP contribution is 2.29. The molecule has 1 nitrogen and oxygen atoms in total. The molecule has 3 heteroatoms. The molecule has 0 aliphatic heterocycles. The van der Waals surface area contributed by atoms with Gasteiger partial charge in [0, 0.05) is 15.1 Å². The molecular formula is C13H20BrNS. The first-order valence-corrected chi connectivity index (χ1v) is 7.69. The Hall–Kier alpha value is -0.150. The Kier molecular flexibility index (Phi) is 6.97. The molecule has 0 aliphatic carbocycles. The van der Waals surface area contributed by atoms with Crippen molar-refractivity contribution in [2.75, 3.05) is 11.5 Å². The normalized spacial score (nSPS) is 10.6. The molecule has 0 aliphatic rings. The van der Waals surface area contributed by atoms with Crippen LogP contribution in [0, 0.1) is 0 Å². The van der Waals surface area contributed by atoms with E-state index in [4.69, 9.17) is 5.73 Å². The zero-order valence-electron chi connectivity index (χ0n) is 9.84. The van der Waals surface area contributed by atoms with Crippen molar-refractivity contribution in [2.45, 2.75) is 43.9 Å². The quantitative estimate of drug-likeness (QED) is 0.431. The van der Waals surface area contributed by atoms with Crippen molar-refractivity contribution in [3.05, 3.63) is 22.7 Å². The Balaban J connectivity index is 2.23.